The van der Waals surface area contributed by atoms with Gasteiger partial charge in [-0.2, -0.15) is 4.98 Å². The SMILES string of the molecule is C[C@H](Nc1nccc(N(C(=O)Nc2c(Cl)ccc(Cl)c2Cl)c2ccc(F)cc2)n1)C(C)(C)O. The normalized spacial score (nSPS) is 12.2. The number of urea groups is 1. The molecule has 3 N–H and O–H groups in total. The van der Waals surface area contributed by atoms with E-state index in [4.69, 9.17) is 34.8 Å². The number of nitrogens with one attached hydrogen (secondary N) is 2. The van der Waals surface area contributed by atoms with E-state index in [2.05, 4.69) is 20.6 Å². The van der Waals surface area contributed by atoms with Crippen LogP contribution in [-0.4, -0.2) is 32.7 Å². The summed E-state index contributed by atoms with van der Waals surface area (Å²) in [5.74, 6) is -0.112. The summed E-state index contributed by atoms with van der Waals surface area (Å²) in [4.78, 5) is 23.1. The summed E-state index contributed by atoms with van der Waals surface area (Å²) >= 11 is 18.5. The van der Waals surface area contributed by atoms with Gasteiger partial charge in [0.05, 0.1) is 38.1 Å². The van der Waals surface area contributed by atoms with E-state index in [-0.39, 0.29) is 32.5 Å². The summed E-state index contributed by atoms with van der Waals surface area (Å²) in [6.45, 7) is 5.06. The lowest BCUT2D eigenvalue weighted by molar-refractivity contribution is 0.0646. The first-order chi connectivity index (χ1) is 15.5. The Bertz CT molecular complexity index is 1160. The first-order valence-corrected chi connectivity index (χ1v) is 10.9. The van der Waals surface area contributed by atoms with E-state index < -0.39 is 23.5 Å². The Morgan fingerprint density at radius 2 is 1.73 bits per heavy atom. The van der Waals surface area contributed by atoms with Gasteiger partial charge in [-0.3, -0.25) is 0 Å². The van der Waals surface area contributed by atoms with Crippen molar-refractivity contribution < 1.29 is 14.3 Å². The first kappa shape index (κ1) is 25.0. The van der Waals surface area contributed by atoms with Crippen molar-refractivity contribution in [2.45, 2.75) is 32.4 Å². The van der Waals surface area contributed by atoms with Gasteiger partial charge in [0.2, 0.25) is 5.95 Å². The topological polar surface area (TPSA) is 90.4 Å². The number of amides is 2. The van der Waals surface area contributed by atoms with Crippen LogP contribution >= 0.6 is 34.8 Å². The number of rotatable bonds is 6. The van der Waals surface area contributed by atoms with Crippen molar-refractivity contribution in [3.63, 3.8) is 0 Å². The van der Waals surface area contributed by atoms with Crippen LogP contribution in [0.5, 0.6) is 0 Å². The summed E-state index contributed by atoms with van der Waals surface area (Å²) in [6.07, 6.45) is 1.45. The van der Waals surface area contributed by atoms with Gasteiger partial charge in [0.15, 0.2) is 0 Å². The van der Waals surface area contributed by atoms with Crippen molar-refractivity contribution in [2.75, 3.05) is 15.5 Å². The Kier molecular flexibility index (Phi) is 7.64. The molecule has 7 nitrogen and oxygen atoms in total. The van der Waals surface area contributed by atoms with Crippen LogP contribution in [0.2, 0.25) is 15.1 Å². The molecule has 0 aliphatic rings. The monoisotopic (exact) mass is 511 g/mol. The van der Waals surface area contributed by atoms with E-state index in [9.17, 15) is 14.3 Å². The highest BCUT2D eigenvalue weighted by Gasteiger charge is 2.25. The molecule has 2 amide bonds. The van der Waals surface area contributed by atoms with Gasteiger partial charge in [0, 0.05) is 12.3 Å². The summed E-state index contributed by atoms with van der Waals surface area (Å²) in [5, 5.41) is 16.3. The van der Waals surface area contributed by atoms with Gasteiger partial charge in [-0.25, -0.2) is 19.1 Å². The average molecular weight is 513 g/mol. The van der Waals surface area contributed by atoms with Gasteiger partial charge >= 0.3 is 6.03 Å². The zero-order valence-corrected chi connectivity index (χ0v) is 20.2. The highest BCUT2D eigenvalue weighted by atomic mass is 35.5. The van der Waals surface area contributed by atoms with Crippen LogP contribution in [0.4, 0.5) is 32.3 Å². The fraction of sp³-hybridized carbons (Fsp3) is 0.227. The van der Waals surface area contributed by atoms with E-state index in [1.54, 1.807) is 20.8 Å². The molecule has 0 radical (unpaired) electrons. The molecule has 0 aliphatic heterocycles. The molecule has 1 atom stereocenters. The molecule has 0 fully saturated rings. The molecule has 0 spiro atoms. The second-order valence-electron chi connectivity index (χ2n) is 7.72. The van der Waals surface area contributed by atoms with Crippen LogP contribution in [0.25, 0.3) is 0 Å². The number of aromatic nitrogens is 2. The molecule has 0 saturated heterocycles. The average Bonchev–Trinajstić information content (AvgIpc) is 2.75. The lowest BCUT2D eigenvalue weighted by Gasteiger charge is -2.27. The van der Waals surface area contributed by atoms with Gasteiger partial charge in [-0.1, -0.05) is 34.8 Å². The molecule has 0 aliphatic carbocycles. The summed E-state index contributed by atoms with van der Waals surface area (Å²) in [6, 6.07) is 8.71. The number of benzene rings is 2. The van der Waals surface area contributed by atoms with E-state index in [1.165, 1.54) is 53.6 Å². The predicted octanol–water partition coefficient (Wildman–Crippen LogP) is 6.52. The number of anilines is 4. The van der Waals surface area contributed by atoms with Crippen LogP contribution in [0.1, 0.15) is 20.8 Å². The minimum absolute atomic E-state index is 0.0700. The molecule has 174 valence electrons. The highest BCUT2D eigenvalue weighted by Crippen LogP contribution is 2.37. The molecule has 3 aromatic rings. The number of carbonyl (C=O) groups is 1. The van der Waals surface area contributed by atoms with Crippen molar-refractivity contribution in [1.29, 1.82) is 0 Å². The highest BCUT2D eigenvalue weighted by molar-refractivity contribution is 6.46. The third kappa shape index (κ3) is 6.03. The van der Waals surface area contributed by atoms with E-state index in [1.807, 2.05) is 0 Å². The standard InChI is InChI=1S/C22H21Cl3FN5O2/c1-12(22(2,3)33)28-20-27-11-10-17(29-20)31(14-6-4-13(26)5-7-14)21(32)30-19-16(24)9-8-15(23)18(19)25/h4-12,33H,1-3H3,(H,30,32)(H,27,28,29)/t12-/m0/s1. The van der Waals surface area contributed by atoms with Gasteiger partial charge in [0.25, 0.3) is 0 Å². The van der Waals surface area contributed by atoms with Gasteiger partial charge in [-0.15, -0.1) is 0 Å². The Hall–Kier alpha value is -2.65. The van der Waals surface area contributed by atoms with E-state index >= 15 is 0 Å². The molecule has 11 heteroatoms. The molecule has 0 unspecified atom stereocenters. The molecular formula is C22H21Cl3FN5O2. The summed E-state index contributed by atoms with van der Waals surface area (Å²) in [7, 11) is 0. The van der Waals surface area contributed by atoms with Crippen molar-refractivity contribution in [3.8, 4) is 0 Å². The van der Waals surface area contributed by atoms with Crippen molar-refractivity contribution >= 4 is 64.0 Å². The molecule has 33 heavy (non-hydrogen) atoms. The second-order valence-corrected chi connectivity index (χ2v) is 8.91. The second kappa shape index (κ2) is 10.1. The summed E-state index contributed by atoms with van der Waals surface area (Å²) < 4.78 is 13.5. The van der Waals surface area contributed by atoms with E-state index in [0.717, 1.165) is 0 Å². The molecular weight excluding hydrogens is 492 g/mol. The maximum absolute atomic E-state index is 13.5. The summed E-state index contributed by atoms with van der Waals surface area (Å²) in [5.41, 5.74) is -0.609. The lowest BCUT2D eigenvalue weighted by Crippen LogP contribution is -2.40. The molecule has 1 heterocycles. The molecule has 3 rings (SSSR count). The molecule has 2 aromatic carbocycles. The van der Waals surface area contributed by atoms with Crippen molar-refractivity contribution in [1.82, 2.24) is 9.97 Å². The Balaban J connectivity index is 2.01. The minimum atomic E-state index is -1.05. The third-order valence-corrected chi connectivity index (χ3v) is 5.96. The molecule has 1 aromatic heterocycles. The maximum atomic E-state index is 13.5. The number of aliphatic hydroxyl groups is 1. The minimum Gasteiger partial charge on any atom is -0.388 e. The first-order valence-electron chi connectivity index (χ1n) is 9.79. The lowest BCUT2D eigenvalue weighted by atomic mass is 10.0. The van der Waals surface area contributed by atoms with Gasteiger partial charge < -0.3 is 15.7 Å². The number of nitrogens with zero attached hydrogens (tertiary/aromatic N) is 3. The molecule has 0 saturated carbocycles. The van der Waals surface area contributed by atoms with Crippen LogP contribution in [0, 0.1) is 5.82 Å². The number of halogens is 4. The number of hydrogen-bond acceptors (Lipinski definition) is 5. The molecule has 0 bridgehead atoms. The van der Waals surface area contributed by atoms with Crippen molar-refractivity contribution in [3.05, 3.63) is 69.5 Å². The van der Waals surface area contributed by atoms with Gasteiger partial charge in [-0.05, 0) is 57.2 Å². The zero-order chi connectivity index (χ0) is 24.3. The van der Waals surface area contributed by atoms with Crippen molar-refractivity contribution in [2.24, 2.45) is 0 Å². The Labute approximate surface area is 205 Å². The number of hydrogen-bond donors (Lipinski definition) is 3. The van der Waals surface area contributed by atoms with Crippen LogP contribution in [0.3, 0.4) is 0 Å². The Morgan fingerprint density at radius 3 is 2.36 bits per heavy atom. The van der Waals surface area contributed by atoms with Gasteiger partial charge in [0.1, 0.15) is 11.6 Å². The number of carbonyl (C=O) groups excluding carboxylic acids is 1. The largest absolute Gasteiger partial charge is 0.388 e. The smallest absolute Gasteiger partial charge is 0.332 e. The predicted molar refractivity (Wildman–Crippen MR) is 130 cm³/mol. The Morgan fingerprint density at radius 1 is 1.09 bits per heavy atom. The van der Waals surface area contributed by atoms with Crippen LogP contribution in [-0.2, 0) is 0 Å². The maximum Gasteiger partial charge on any atom is 0.332 e. The van der Waals surface area contributed by atoms with Crippen LogP contribution in [0.15, 0.2) is 48.7 Å². The fourth-order valence-corrected chi connectivity index (χ4v) is 3.28. The third-order valence-electron chi connectivity index (χ3n) is 4.84. The van der Waals surface area contributed by atoms with Crippen LogP contribution < -0.4 is 15.5 Å². The quantitative estimate of drug-likeness (QED) is 0.327. The zero-order valence-electron chi connectivity index (χ0n) is 17.9. The fourth-order valence-electron chi connectivity index (χ4n) is 2.66. The van der Waals surface area contributed by atoms with E-state index in [0.29, 0.717) is 5.69 Å².